The van der Waals surface area contributed by atoms with Crippen molar-refractivity contribution in [1.82, 2.24) is 9.55 Å². The zero-order chi connectivity index (χ0) is 18.3. The molecule has 0 unspecified atom stereocenters. The lowest BCUT2D eigenvalue weighted by atomic mass is 9.99. The third-order valence-electron chi connectivity index (χ3n) is 4.91. The summed E-state index contributed by atoms with van der Waals surface area (Å²) in [5.41, 5.74) is 8.69. The van der Waals surface area contributed by atoms with Gasteiger partial charge < -0.3 is 4.57 Å². The molecule has 0 aliphatic carbocycles. The Morgan fingerprint density at radius 1 is 0.885 bits per heavy atom. The van der Waals surface area contributed by atoms with Gasteiger partial charge in [0.05, 0.1) is 17.6 Å². The molecule has 2 nitrogen and oxygen atoms in total. The molecule has 0 saturated carbocycles. The van der Waals surface area contributed by atoms with Crippen molar-refractivity contribution in [2.75, 3.05) is 0 Å². The van der Waals surface area contributed by atoms with Crippen molar-refractivity contribution in [3.63, 3.8) is 0 Å². The number of aryl methyl sites for hydroxylation is 3. The van der Waals surface area contributed by atoms with Gasteiger partial charge in [0.1, 0.15) is 5.82 Å². The molecule has 0 radical (unpaired) electrons. The SMILES string of the molecule is Cc1cc(C)c(Cn2c(-c3ccc(Br)cc3)nc3ccccc32)c(C)c1. The van der Waals surface area contributed by atoms with E-state index in [1.165, 1.54) is 27.8 Å². The third-order valence-corrected chi connectivity index (χ3v) is 5.44. The van der Waals surface area contributed by atoms with Crippen LogP contribution in [-0.2, 0) is 6.54 Å². The van der Waals surface area contributed by atoms with Gasteiger partial charge in [0.2, 0.25) is 0 Å². The molecule has 0 fully saturated rings. The molecule has 4 rings (SSSR count). The molecule has 0 spiro atoms. The van der Waals surface area contributed by atoms with Crippen molar-refractivity contribution >= 4 is 27.0 Å². The fourth-order valence-electron chi connectivity index (χ4n) is 3.67. The minimum Gasteiger partial charge on any atom is -0.319 e. The number of hydrogen-bond donors (Lipinski definition) is 0. The number of imidazole rings is 1. The molecular weight excluding hydrogens is 384 g/mol. The molecule has 130 valence electrons. The van der Waals surface area contributed by atoms with Crippen LogP contribution in [0.25, 0.3) is 22.4 Å². The summed E-state index contributed by atoms with van der Waals surface area (Å²) in [6, 6.07) is 21.3. The number of benzene rings is 3. The van der Waals surface area contributed by atoms with E-state index in [0.717, 1.165) is 27.9 Å². The van der Waals surface area contributed by atoms with Gasteiger partial charge in [0.15, 0.2) is 0 Å². The Hall–Kier alpha value is -2.39. The van der Waals surface area contributed by atoms with E-state index < -0.39 is 0 Å². The standard InChI is InChI=1S/C23H21BrN2/c1-15-12-16(2)20(17(3)13-15)14-26-22-7-5-4-6-21(22)25-23(26)18-8-10-19(24)11-9-18/h4-13H,14H2,1-3H3. The van der Waals surface area contributed by atoms with Gasteiger partial charge in [-0.2, -0.15) is 0 Å². The third kappa shape index (κ3) is 3.08. The quantitative estimate of drug-likeness (QED) is 0.384. The van der Waals surface area contributed by atoms with Crippen LogP contribution in [0.4, 0.5) is 0 Å². The molecule has 1 aromatic heterocycles. The van der Waals surface area contributed by atoms with Crippen molar-refractivity contribution in [2.24, 2.45) is 0 Å². The summed E-state index contributed by atoms with van der Waals surface area (Å²) in [6.45, 7) is 7.38. The van der Waals surface area contributed by atoms with Crippen LogP contribution in [0, 0.1) is 20.8 Å². The van der Waals surface area contributed by atoms with Gasteiger partial charge in [-0.05, 0) is 61.7 Å². The van der Waals surface area contributed by atoms with Crippen molar-refractivity contribution in [3.8, 4) is 11.4 Å². The van der Waals surface area contributed by atoms with Crippen molar-refractivity contribution in [2.45, 2.75) is 27.3 Å². The summed E-state index contributed by atoms with van der Waals surface area (Å²) in [6.07, 6.45) is 0. The van der Waals surface area contributed by atoms with Crippen molar-refractivity contribution in [3.05, 3.63) is 87.4 Å². The molecule has 0 N–H and O–H groups in total. The first kappa shape index (κ1) is 17.0. The Balaban J connectivity index is 1.91. The summed E-state index contributed by atoms with van der Waals surface area (Å²) in [5, 5.41) is 0. The molecule has 0 bridgehead atoms. The first-order valence-electron chi connectivity index (χ1n) is 8.81. The van der Waals surface area contributed by atoms with Gasteiger partial charge in [-0.15, -0.1) is 0 Å². The van der Waals surface area contributed by atoms with Crippen LogP contribution in [0.3, 0.4) is 0 Å². The Morgan fingerprint density at radius 2 is 1.54 bits per heavy atom. The topological polar surface area (TPSA) is 17.8 Å². The highest BCUT2D eigenvalue weighted by molar-refractivity contribution is 9.10. The maximum atomic E-state index is 4.93. The van der Waals surface area contributed by atoms with Gasteiger partial charge in [0, 0.05) is 10.0 Å². The van der Waals surface area contributed by atoms with Crippen LogP contribution >= 0.6 is 15.9 Å². The lowest BCUT2D eigenvalue weighted by Crippen LogP contribution is -2.06. The minimum absolute atomic E-state index is 0.823. The molecule has 0 atom stereocenters. The Bertz CT molecular complexity index is 1070. The summed E-state index contributed by atoms with van der Waals surface area (Å²) in [5.74, 6) is 1.01. The van der Waals surface area contributed by atoms with Crippen molar-refractivity contribution < 1.29 is 0 Å². The summed E-state index contributed by atoms with van der Waals surface area (Å²) in [4.78, 5) is 4.93. The van der Waals surface area contributed by atoms with Gasteiger partial charge in [-0.25, -0.2) is 4.98 Å². The number of hydrogen-bond acceptors (Lipinski definition) is 1. The predicted molar refractivity (Wildman–Crippen MR) is 113 cm³/mol. The largest absolute Gasteiger partial charge is 0.319 e. The molecule has 0 aliphatic rings. The maximum Gasteiger partial charge on any atom is 0.141 e. The molecule has 1 heterocycles. The molecule has 4 aromatic rings. The van der Waals surface area contributed by atoms with E-state index in [0.29, 0.717) is 0 Å². The first-order valence-corrected chi connectivity index (χ1v) is 9.60. The number of nitrogens with zero attached hydrogens (tertiary/aromatic N) is 2. The van der Waals surface area contributed by atoms with Crippen LogP contribution in [0.2, 0.25) is 0 Å². The monoisotopic (exact) mass is 404 g/mol. The van der Waals surface area contributed by atoms with Crippen LogP contribution in [-0.4, -0.2) is 9.55 Å². The average molecular weight is 405 g/mol. The van der Waals surface area contributed by atoms with Crippen molar-refractivity contribution in [1.29, 1.82) is 0 Å². The second-order valence-electron chi connectivity index (χ2n) is 6.89. The van der Waals surface area contributed by atoms with Crippen LogP contribution in [0.1, 0.15) is 22.3 Å². The number of halogens is 1. The summed E-state index contributed by atoms with van der Waals surface area (Å²) >= 11 is 3.52. The van der Waals surface area contributed by atoms with E-state index in [2.05, 4.69) is 95.9 Å². The minimum atomic E-state index is 0.823. The molecule has 0 saturated heterocycles. The lowest BCUT2D eigenvalue weighted by molar-refractivity contribution is 0.821. The number of para-hydroxylation sites is 2. The van der Waals surface area contributed by atoms with E-state index in [4.69, 9.17) is 4.98 Å². The zero-order valence-corrected chi connectivity index (χ0v) is 16.8. The van der Waals surface area contributed by atoms with Gasteiger partial charge >= 0.3 is 0 Å². The molecule has 0 amide bonds. The van der Waals surface area contributed by atoms with E-state index in [-0.39, 0.29) is 0 Å². The maximum absolute atomic E-state index is 4.93. The second-order valence-corrected chi connectivity index (χ2v) is 7.81. The highest BCUT2D eigenvalue weighted by atomic mass is 79.9. The number of rotatable bonds is 3. The zero-order valence-electron chi connectivity index (χ0n) is 15.3. The molecule has 0 aliphatic heterocycles. The fourth-order valence-corrected chi connectivity index (χ4v) is 3.94. The molecular formula is C23H21BrN2. The number of fused-ring (bicyclic) bond motifs is 1. The Labute approximate surface area is 162 Å². The predicted octanol–water partition coefficient (Wildman–Crippen LogP) is 6.44. The number of aromatic nitrogens is 2. The van der Waals surface area contributed by atoms with Crippen LogP contribution in [0.15, 0.2) is 65.1 Å². The van der Waals surface area contributed by atoms with E-state index >= 15 is 0 Å². The average Bonchev–Trinajstić information content (AvgIpc) is 2.97. The fraction of sp³-hybridized carbons (Fsp3) is 0.174. The smallest absolute Gasteiger partial charge is 0.141 e. The van der Waals surface area contributed by atoms with E-state index in [1.807, 2.05) is 6.07 Å². The molecule has 3 heteroatoms. The van der Waals surface area contributed by atoms with Gasteiger partial charge in [-0.3, -0.25) is 0 Å². The summed E-state index contributed by atoms with van der Waals surface area (Å²) in [7, 11) is 0. The van der Waals surface area contributed by atoms with Gasteiger partial charge in [0.25, 0.3) is 0 Å². The Kier molecular flexibility index (Phi) is 4.41. The van der Waals surface area contributed by atoms with Gasteiger partial charge in [-0.1, -0.05) is 57.9 Å². The highest BCUT2D eigenvalue weighted by Crippen LogP contribution is 2.28. The molecule has 3 aromatic carbocycles. The molecule has 26 heavy (non-hydrogen) atoms. The van der Waals surface area contributed by atoms with E-state index in [9.17, 15) is 0 Å². The first-order chi connectivity index (χ1) is 12.5. The summed E-state index contributed by atoms with van der Waals surface area (Å²) < 4.78 is 3.41. The van der Waals surface area contributed by atoms with Crippen LogP contribution in [0.5, 0.6) is 0 Å². The lowest BCUT2D eigenvalue weighted by Gasteiger charge is -2.15. The normalized spacial score (nSPS) is 11.2. The van der Waals surface area contributed by atoms with E-state index in [1.54, 1.807) is 0 Å². The second kappa shape index (κ2) is 6.73. The Morgan fingerprint density at radius 3 is 2.23 bits per heavy atom. The van der Waals surface area contributed by atoms with Crippen LogP contribution < -0.4 is 0 Å². The highest BCUT2D eigenvalue weighted by Gasteiger charge is 2.14.